The van der Waals surface area contributed by atoms with Gasteiger partial charge < -0.3 is 4.42 Å². The van der Waals surface area contributed by atoms with Crippen molar-refractivity contribution in [3.63, 3.8) is 0 Å². The van der Waals surface area contributed by atoms with Crippen molar-refractivity contribution in [2.75, 3.05) is 0 Å². The number of furan rings is 1. The molecular weight excluding hydrogens is 380 g/mol. The van der Waals surface area contributed by atoms with Gasteiger partial charge in [0.25, 0.3) is 0 Å². The maximum atomic E-state index is 5.96. The molecule has 29 heavy (non-hydrogen) atoms. The van der Waals surface area contributed by atoms with Gasteiger partial charge in [-0.15, -0.1) is 10.2 Å². The van der Waals surface area contributed by atoms with Gasteiger partial charge in [0, 0.05) is 11.3 Å². The molecule has 0 radical (unpaired) electrons. The first kappa shape index (κ1) is 18.1. The highest BCUT2D eigenvalue weighted by Gasteiger charge is 2.20. The third-order valence-corrected chi connectivity index (χ3v) is 6.23. The monoisotopic (exact) mass is 402 g/mol. The van der Waals surface area contributed by atoms with Crippen LogP contribution in [0.2, 0.25) is 0 Å². The van der Waals surface area contributed by atoms with E-state index in [1.807, 2.05) is 30.3 Å². The summed E-state index contributed by atoms with van der Waals surface area (Å²) in [7, 11) is 0. The summed E-state index contributed by atoms with van der Waals surface area (Å²) in [5.41, 5.74) is 3.47. The van der Waals surface area contributed by atoms with E-state index in [-0.39, 0.29) is 5.92 Å². The molecule has 0 amide bonds. The fourth-order valence-corrected chi connectivity index (χ4v) is 4.53. The van der Waals surface area contributed by atoms with Gasteiger partial charge in [0.1, 0.15) is 10.6 Å². The zero-order valence-electron chi connectivity index (χ0n) is 16.7. The Kier molecular flexibility index (Phi) is 4.43. The first-order chi connectivity index (χ1) is 14.1. The first-order valence-electron chi connectivity index (χ1n) is 9.88. The van der Waals surface area contributed by atoms with Gasteiger partial charge in [-0.1, -0.05) is 74.6 Å². The quantitative estimate of drug-likeness (QED) is 0.364. The van der Waals surface area contributed by atoms with E-state index in [0.29, 0.717) is 17.5 Å². The number of benzene rings is 2. The molecule has 5 rings (SSSR count). The minimum atomic E-state index is 0.193. The van der Waals surface area contributed by atoms with E-state index in [1.165, 1.54) is 11.1 Å². The summed E-state index contributed by atoms with van der Waals surface area (Å²) >= 11 is 1.57. The van der Waals surface area contributed by atoms with Crippen LogP contribution in [0.3, 0.4) is 0 Å². The van der Waals surface area contributed by atoms with Crippen molar-refractivity contribution in [1.82, 2.24) is 19.8 Å². The van der Waals surface area contributed by atoms with E-state index in [1.54, 1.807) is 15.9 Å². The molecule has 0 saturated carbocycles. The van der Waals surface area contributed by atoms with Crippen LogP contribution in [0.5, 0.6) is 0 Å². The maximum Gasteiger partial charge on any atom is 0.235 e. The zero-order valence-corrected chi connectivity index (χ0v) is 17.5. The minimum Gasteiger partial charge on any atom is -0.453 e. The molecule has 1 atom stereocenters. The zero-order chi connectivity index (χ0) is 20.0. The van der Waals surface area contributed by atoms with Crippen molar-refractivity contribution in [3.05, 3.63) is 70.7 Å². The average Bonchev–Trinajstić information content (AvgIpc) is 3.40. The van der Waals surface area contributed by atoms with E-state index in [2.05, 4.69) is 55.2 Å². The van der Waals surface area contributed by atoms with Gasteiger partial charge >= 0.3 is 0 Å². The van der Waals surface area contributed by atoms with Crippen LogP contribution in [0.25, 0.3) is 27.5 Å². The Morgan fingerprint density at radius 3 is 2.55 bits per heavy atom. The Balaban J connectivity index is 1.47. The van der Waals surface area contributed by atoms with E-state index >= 15 is 0 Å². The Morgan fingerprint density at radius 1 is 1.00 bits per heavy atom. The molecule has 0 N–H and O–H groups in total. The van der Waals surface area contributed by atoms with Crippen molar-refractivity contribution >= 4 is 27.3 Å². The molecule has 0 unspecified atom stereocenters. The van der Waals surface area contributed by atoms with E-state index < -0.39 is 0 Å². The highest BCUT2D eigenvalue weighted by Crippen LogP contribution is 2.32. The fourth-order valence-electron chi connectivity index (χ4n) is 3.61. The second kappa shape index (κ2) is 7.12. The molecule has 0 fully saturated rings. The third kappa shape index (κ3) is 3.34. The Hall–Kier alpha value is -2.99. The summed E-state index contributed by atoms with van der Waals surface area (Å²) in [6, 6.07) is 18.8. The lowest BCUT2D eigenvalue weighted by atomic mass is 9.97. The molecule has 3 aromatic heterocycles. The summed E-state index contributed by atoms with van der Waals surface area (Å²) in [6.07, 6.45) is 1.10. The van der Waals surface area contributed by atoms with Crippen molar-refractivity contribution in [3.8, 4) is 11.6 Å². The Morgan fingerprint density at radius 2 is 1.79 bits per heavy atom. The van der Waals surface area contributed by atoms with Gasteiger partial charge in [-0.2, -0.15) is 9.61 Å². The maximum absolute atomic E-state index is 5.96. The van der Waals surface area contributed by atoms with E-state index in [0.717, 1.165) is 27.4 Å². The highest BCUT2D eigenvalue weighted by molar-refractivity contribution is 7.16. The molecule has 0 bridgehead atoms. The van der Waals surface area contributed by atoms with Gasteiger partial charge in [-0.05, 0) is 35.6 Å². The highest BCUT2D eigenvalue weighted by atomic mass is 32.1. The molecule has 0 aliphatic heterocycles. The van der Waals surface area contributed by atoms with Crippen LogP contribution in [-0.4, -0.2) is 19.8 Å². The number of hydrogen-bond acceptors (Lipinski definition) is 5. The molecular formula is C23H22N4OS. The summed E-state index contributed by atoms with van der Waals surface area (Å²) in [6.45, 7) is 6.68. The van der Waals surface area contributed by atoms with Crippen LogP contribution in [0.1, 0.15) is 42.8 Å². The van der Waals surface area contributed by atoms with Crippen molar-refractivity contribution < 1.29 is 4.42 Å². The minimum absolute atomic E-state index is 0.193. The number of aromatic nitrogens is 4. The summed E-state index contributed by atoms with van der Waals surface area (Å²) in [5, 5.41) is 15.5. The van der Waals surface area contributed by atoms with Crippen molar-refractivity contribution in [2.45, 2.75) is 33.1 Å². The first-order valence-corrected chi connectivity index (χ1v) is 10.7. The van der Waals surface area contributed by atoms with Crippen molar-refractivity contribution in [2.24, 2.45) is 5.92 Å². The molecule has 6 heteroatoms. The van der Waals surface area contributed by atoms with E-state index in [9.17, 15) is 0 Å². The van der Waals surface area contributed by atoms with Crippen LogP contribution < -0.4 is 0 Å². The SMILES string of the molecule is CC(C)Cc1ccc([C@H](C)c2nn3c(-c4cc5ccccc5o4)nnc3s2)cc1. The van der Waals surface area contributed by atoms with Crippen molar-refractivity contribution in [1.29, 1.82) is 0 Å². The fraction of sp³-hybridized carbons (Fsp3) is 0.261. The molecule has 5 aromatic rings. The summed E-state index contributed by atoms with van der Waals surface area (Å²) in [5.74, 6) is 2.17. The standard InChI is InChI=1S/C23H22N4OS/c1-14(2)12-16-8-10-17(11-9-16)15(3)22-26-27-21(24-25-23(27)29-22)20-13-18-6-4-5-7-19(18)28-20/h4-11,13-15H,12H2,1-3H3/t15-/m0/s1. The van der Waals surface area contributed by atoms with Crippen LogP contribution in [0.4, 0.5) is 0 Å². The third-order valence-electron chi connectivity index (χ3n) is 5.15. The number of para-hydroxylation sites is 1. The predicted octanol–water partition coefficient (Wildman–Crippen LogP) is 5.95. The largest absolute Gasteiger partial charge is 0.453 e. The van der Waals surface area contributed by atoms with Gasteiger partial charge in [-0.3, -0.25) is 0 Å². The van der Waals surface area contributed by atoms with Crippen LogP contribution >= 0.6 is 11.3 Å². The average molecular weight is 403 g/mol. The summed E-state index contributed by atoms with van der Waals surface area (Å²) in [4.78, 5) is 0.777. The van der Waals surface area contributed by atoms with Crippen LogP contribution in [0.15, 0.2) is 59.0 Å². The lowest BCUT2D eigenvalue weighted by Gasteiger charge is -2.10. The predicted molar refractivity (Wildman–Crippen MR) is 116 cm³/mol. The lowest BCUT2D eigenvalue weighted by Crippen LogP contribution is -1.99. The molecule has 0 spiro atoms. The lowest BCUT2D eigenvalue weighted by molar-refractivity contribution is 0.621. The molecule has 3 heterocycles. The van der Waals surface area contributed by atoms with Crippen LogP contribution in [-0.2, 0) is 6.42 Å². The molecule has 0 aliphatic carbocycles. The van der Waals surface area contributed by atoms with Gasteiger partial charge in [0.15, 0.2) is 5.76 Å². The smallest absolute Gasteiger partial charge is 0.235 e. The van der Waals surface area contributed by atoms with E-state index in [4.69, 9.17) is 9.52 Å². The van der Waals surface area contributed by atoms with Gasteiger partial charge in [-0.25, -0.2) is 0 Å². The Labute approximate surface area is 173 Å². The molecule has 5 nitrogen and oxygen atoms in total. The van der Waals surface area contributed by atoms with Crippen LogP contribution in [0, 0.1) is 5.92 Å². The second-order valence-corrected chi connectivity index (χ2v) is 8.86. The van der Waals surface area contributed by atoms with Gasteiger partial charge in [0.05, 0.1) is 0 Å². The number of hydrogen-bond donors (Lipinski definition) is 0. The second-order valence-electron chi connectivity index (χ2n) is 7.87. The molecule has 2 aromatic carbocycles. The Bertz CT molecular complexity index is 1250. The molecule has 0 saturated heterocycles. The molecule has 146 valence electrons. The summed E-state index contributed by atoms with van der Waals surface area (Å²) < 4.78 is 7.75. The van der Waals surface area contributed by atoms with Gasteiger partial charge in [0.2, 0.25) is 10.8 Å². The number of nitrogens with zero attached hydrogens (tertiary/aromatic N) is 4. The topological polar surface area (TPSA) is 56.2 Å². The normalized spacial score (nSPS) is 13.0. The molecule has 0 aliphatic rings. The number of rotatable bonds is 5. The number of fused-ring (bicyclic) bond motifs is 2.